The Labute approximate surface area is 124 Å². The van der Waals surface area contributed by atoms with Gasteiger partial charge in [-0.25, -0.2) is 8.42 Å². The lowest BCUT2D eigenvalue weighted by Crippen LogP contribution is -2.35. The van der Waals surface area contributed by atoms with E-state index in [0.29, 0.717) is 12.8 Å². The number of sulfone groups is 1. The van der Waals surface area contributed by atoms with E-state index in [0.717, 1.165) is 6.42 Å². The molecule has 1 aromatic heterocycles. The van der Waals surface area contributed by atoms with Crippen molar-refractivity contribution in [1.29, 1.82) is 0 Å². The molecule has 1 aromatic rings. The second-order valence-electron chi connectivity index (χ2n) is 5.66. The van der Waals surface area contributed by atoms with Crippen LogP contribution in [0.15, 0.2) is 12.1 Å². The van der Waals surface area contributed by atoms with Gasteiger partial charge in [-0.1, -0.05) is 0 Å². The van der Waals surface area contributed by atoms with E-state index >= 15 is 0 Å². The van der Waals surface area contributed by atoms with Gasteiger partial charge >= 0.3 is 0 Å². The molecule has 0 aliphatic carbocycles. The monoisotopic (exact) mass is 315 g/mol. The number of carbonyl (C=O) groups excluding carboxylic acids is 1. The predicted molar refractivity (Wildman–Crippen MR) is 81.7 cm³/mol. The summed E-state index contributed by atoms with van der Waals surface area (Å²) in [6.07, 6.45) is 1.77. The fraction of sp³-hybridized carbons (Fsp3) is 0.643. The van der Waals surface area contributed by atoms with Crippen LogP contribution in [0.2, 0.25) is 0 Å². The van der Waals surface area contributed by atoms with E-state index < -0.39 is 9.84 Å². The third kappa shape index (κ3) is 4.59. The van der Waals surface area contributed by atoms with E-state index in [1.54, 1.807) is 11.3 Å². The maximum absolute atomic E-state index is 11.9. The molecule has 1 aliphatic rings. The number of carbonyl (C=O) groups is 1. The molecule has 2 unspecified atom stereocenters. The molecule has 2 rings (SSSR count). The molecule has 4 nitrogen and oxygen atoms in total. The lowest BCUT2D eigenvalue weighted by Gasteiger charge is -2.14. The number of thiophene rings is 1. The SMILES string of the molecule is Cc1ccc(CC(C)NC(=O)CC2CCS(=O)(=O)C2)s1. The van der Waals surface area contributed by atoms with Crippen molar-refractivity contribution in [1.82, 2.24) is 5.32 Å². The number of amides is 1. The van der Waals surface area contributed by atoms with E-state index in [-0.39, 0.29) is 29.4 Å². The van der Waals surface area contributed by atoms with Gasteiger partial charge in [-0.3, -0.25) is 4.79 Å². The second-order valence-corrected chi connectivity index (χ2v) is 9.26. The molecule has 20 heavy (non-hydrogen) atoms. The van der Waals surface area contributed by atoms with Gasteiger partial charge in [0, 0.05) is 28.6 Å². The van der Waals surface area contributed by atoms with Crippen LogP contribution in [0.4, 0.5) is 0 Å². The third-order valence-corrected chi connectivity index (χ3v) is 6.37. The minimum absolute atomic E-state index is 0.00353. The van der Waals surface area contributed by atoms with Crippen LogP contribution >= 0.6 is 11.3 Å². The molecule has 112 valence electrons. The Hall–Kier alpha value is -0.880. The van der Waals surface area contributed by atoms with Gasteiger partial charge in [0.1, 0.15) is 0 Å². The number of rotatable bonds is 5. The zero-order valence-corrected chi connectivity index (χ0v) is 13.5. The van der Waals surface area contributed by atoms with Gasteiger partial charge in [0.15, 0.2) is 9.84 Å². The first-order valence-electron chi connectivity index (χ1n) is 6.89. The first kappa shape index (κ1) is 15.5. The minimum atomic E-state index is -2.89. The summed E-state index contributed by atoms with van der Waals surface area (Å²) in [7, 11) is -2.89. The normalized spacial score (nSPS) is 22.6. The summed E-state index contributed by atoms with van der Waals surface area (Å²) in [5.74, 6) is 0.359. The first-order chi connectivity index (χ1) is 9.34. The lowest BCUT2D eigenvalue weighted by atomic mass is 10.0. The molecule has 0 aromatic carbocycles. The topological polar surface area (TPSA) is 63.2 Å². The number of aryl methyl sites for hydroxylation is 1. The van der Waals surface area contributed by atoms with E-state index in [1.807, 2.05) is 6.92 Å². The highest BCUT2D eigenvalue weighted by Gasteiger charge is 2.29. The van der Waals surface area contributed by atoms with Crippen LogP contribution in [0.5, 0.6) is 0 Å². The van der Waals surface area contributed by atoms with Gasteiger partial charge < -0.3 is 5.32 Å². The number of nitrogens with one attached hydrogen (secondary N) is 1. The van der Waals surface area contributed by atoms with Gasteiger partial charge in [0.05, 0.1) is 11.5 Å². The molecule has 1 saturated heterocycles. The molecule has 1 amide bonds. The van der Waals surface area contributed by atoms with Gasteiger partial charge in [0.2, 0.25) is 5.91 Å². The summed E-state index contributed by atoms with van der Waals surface area (Å²) < 4.78 is 22.7. The highest BCUT2D eigenvalue weighted by Crippen LogP contribution is 2.21. The van der Waals surface area contributed by atoms with E-state index in [9.17, 15) is 13.2 Å². The summed E-state index contributed by atoms with van der Waals surface area (Å²) >= 11 is 1.75. The van der Waals surface area contributed by atoms with Crippen molar-refractivity contribution in [2.24, 2.45) is 5.92 Å². The number of hydrogen-bond acceptors (Lipinski definition) is 4. The van der Waals surface area contributed by atoms with Crippen molar-refractivity contribution in [2.75, 3.05) is 11.5 Å². The second kappa shape index (κ2) is 6.26. The minimum Gasteiger partial charge on any atom is -0.353 e. The largest absolute Gasteiger partial charge is 0.353 e. The van der Waals surface area contributed by atoms with Crippen LogP contribution in [0, 0.1) is 12.8 Å². The lowest BCUT2D eigenvalue weighted by molar-refractivity contribution is -0.122. The van der Waals surface area contributed by atoms with Crippen LogP contribution in [-0.2, 0) is 21.1 Å². The Morgan fingerprint density at radius 3 is 2.80 bits per heavy atom. The maximum Gasteiger partial charge on any atom is 0.220 e. The van der Waals surface area contributed by atoms with Gasteiger partial charge in [-0.2, -0.15) is 0 Å². The third-order valence-electron chi connectivity index (χ3n) is 3.51. The van der Waals surface area contributed by atoms with Gasteiger partial charge in [-0.05, 0) is 38.3 Å². The molecule has 0 saturated carbocycles. The van der Waals surface area contributed by atoms with Crippen molar-refractivity contribution < 1.29 is 13.2 Å². The Morgan fingerprint density at radius 1 is 1.50 bits per heavy atom. The van der Waals surface area contributed by atoms with E-state index in [2.05, 4.69) is 24.4 Å². The molecule has 1 N–H and O–H groups in total. The molecular formula is C14H21NO3S2. The van der Waals surface area contributed by atoms with Crippen molar-refractivity contribution in [3.8, 4) is 0 Å². The molecular weight excluding hydrogens is 294 g/mol. The summed E-state index contributed by atoms with van der Waals surface area (Å²) in [6.45, 7) is 4.05. The summed E-state index contributed by atoms with van der Waals surface area (Å²) in [6, 6.07) is 4.25. The fourth-order valence-electron chi connectivity index (χ4n) is 2.58. The Bertz CT molecular complexity index is 577. The average molecular weight is 315 g/mol. The van der Waals surface area contributed by atoms with Crippen molar-refractivity contribution >= 4 is 27.1 Å². The Balaban J connectivity index is 1.77. The fourth-order valence-corrected chi connectivity index (χ4v) is 5.46. The highest BCUT2D eigenvalue weighted by atomic mass is 32.2. The van der Waals surface area contributed by atoms with E-state index in [4.69, 9.17) is 0 Å². The molecule has 0 spiro atoms. The summed E-state index contributed by atoms with van der Waals surface area (Å²) in [5.41, 5.74) is 0. The van der Waals surface area contributed by atoms with Crippen LogP contribution in [-0.4, -0.2) is 31.9 Å². The molecule has 2 heterocycles. The van der Waals surface area contributed by atoms with Crippen molar-refractivity contribution in [3.63, 3.8) is 0 Å². The van der Waals surface area contributed by atoms with E-state index in [1.165, 1.54) is 9.75 Å². The summed E-state index contributed by atoms with van der Waals surface area (Å²) in [4.78, 5) is 14.4. The zero-order chi connectivity index (χ0) is 14.8. The smallest absolute Gasteiger partial charge is 0.220 e. The van der Waals surface area contributed by atoms with Crippen molar-refractivity contribution in [3.05, 3.63) is 21.9 Å². The van der Waals surface area contributed by atoms with Gasteiger partial charge in [-0.15, -0.1) is 11.3 Å². The molecule has 2 atom stereocenters. The Morgan fingerprint density at radius 2 is 2.25 bits per heavy atom. The number of hydrogen-bond donors (Lipinski definition) is 1. The predicted octanol–water partition coefficient (Wildman–Crippen LogP) is 1.93. The summed E-state index contributed by atoms with van der Waals surface area (Å²) in [5, 5.41) is 2.96. The maximum atomic E-state index is 11.9. The highest BCUT2D eigenvalue weighted by molar-refractivity contribution is 7.91. The molecule has 0 bridgehead atoms. The Kier molecular flexibility index (Phi) is 4.86. The average Bonchev–Trinajstić information content (AvgIpc) is 2.84. The standard InChI is InChI=1S/C14H21NO3S2/c1-10(7-13-4-3-11(2)19-13)15-14(16)8-12-5-6-20(17,18)9-12/h3-4,10,12H,5-9H2,1-2H3,(H,15,16). The van der Waals surface area contributed by atoms with Crippen LogP contribution in [0.1, 0.15) is 29.5 Å². The van der Waals surface area contributed by atoms with Crippen LogP contribution < -0.4 is 5.32 Å². The van der Waals surface area contributed by atoms with Crippen LogP contribution in [0.25, 0.3) is 0 Å². The van der Waals surface area contributed by atoms with Crippen LogP contribution in [0.3, 0.4) is 0 Å². The molecule has 1 fully saturated rings. The molecule has 1 aliphatic heterocycles. The molecule has 0 radical (unpaired) electrons. The van der Waals surface area contributed by atoms with Gasteiger partial charge in [0.25, 0.3) is 0 Å². The first-order valence-corrected chi connectivity index (χ1v) is 9.53. The zero-order valence-electron chi connectivity index (χ0n) is 11.9. The molecule has 6 heteroatoms. The van der Waals surface area contributed by atoms with Crippen molar-refractivity contribution in [2.45, 2.75) is 39.2 Å². The quantitative estimate of drug-likeness (QED) is 0.903.